The molecule has 0 aliphatic heterocycles. The minimum absolute atomic E-state index is 0.101. The molecule has 1 unspecified atom stereocenters. The molecule has 0 bridgehead atoms. The van der Waals surface area contributed by atoms with Crippen molar-refractivity contribution in [3.8, 4) is 0 Å². The number of carbonyl (C=O) groups excluding carboxylic acids is 3. The Kier molecular flexibility index (Phi) is 63.8. The smallest absolute Gasteiger partial charge is 0.306 e. The van der Waals surface area contributed by atoms with Crippen molar-refractivity contribution in [2.24, 2.45) is 0 Å². The molecule has 0 rings (SSSR count). The number of allylic oxidation sites excluding steroid dienone is 20. The van der Waals surface area contributed by atoms with Gasteiger partial charge in [-0.25, -0.2) is 0 Å². The van der Waals surface area contributed by atoms with Gasteiger partial charge in [0.15, 0.2) is 6.10 Å². The summed E-state index contributed by atoms with van der Waals surface area (Å²) in [6.07, 6.45) is 93.6. The van der Waals surface area contributed by atoms with Crippen LogP contribution >= 0.6 is 0 Å². The van der Waals surface area contributed by atoms with Crippen LogP contribution in [0.25, 0.3) is 0 Å². The molecule has 0 radical (unpaired) electrons. The number of carbonyl (C=O) groups is 3. The van der Waals surface area contributed by atoms with E-state index in [1.807, 2.05) is 0 Å². The fourth-order valence-electron chi connectivity index (χ4n) is 9.21. The highest BCUT2D eigenvalue weighted by Crippen LogP contribution is 2.16. The third kappa shape index (κ3) is 64.6. The van der Waals surface area contributed by atoms with Gasteiger partial charge in [0.25, 0.3) is 0 Å². The molecule has 0 aliphatic rings. The summed E-state index contributed by atoms with van der Waals surface area (Å²) in [7, 11) is 0. The maximum Gasteiger partial charge on any atom is 0.306 e. The summed E-state index contributed by atoms with van der Waals surface area (Å²) < 4.78 is 16.9. The second-order valence-corrected chi connectivity index (χ2v) is 22.0. The quantitative estimate of drug-likeness (QED) is 0.0261. The third-order valence-corrected chi connectivity index (χ3v) is 14.2. The van der Waals surface area contributed by atoms with E-state index in [1.54, 1.807) is 0 Å². The Morgan fingerprint density at radius 2 is 0.500 bits per heavy atom. The lowest BCUT2D eigenvalue weighted by molar-refractivity contribution is -0.167. The third-order valence-electron chi connectivity index (χ3n) is 14.2. The highest BCUT2D eigenvalue weighted by atomic mass is 16.6. The van der Waals surface area contributed by atoms with E-state index < -0.39 is 6.10 Å². The largest absolute Gasteiger partial charge is 0.462 e. The van der Waals surface area contributed by atoms with Crippen LogP contribution in [0, 0.1) is 0 Å². The molecular weight excluding hydrogens is 985 g/mol. The zero-order valence-corrected chi connectivity index (χ0v) is 52.3. The summed E-state index contributed by atoms with van der Waals surface area (Å²) in [4.78, 5) is 38.3. The molecule has 1 atom stereocenters. The number of ether oxygens (including phenoxy) is 3. The molecule has 0 aromatic heterocycles. The van der Waals surface area contributed by atoms with E-state index in [9.17, 15) is 14.4 Å². The van der Waals surface area contributed by atoms with Gasteiger partial charge >= 0.3 is 17.9 Å². The van der Waals surface area contributed by atoms with Crippen LogP contribution in [0.2, 0.25) is 0 Å². The molecule has 0 N–H and O–H groups in total. The minimum Gasteiger partial charge on any atom is -0.462 e. The van der Waals surface area contributed by atoms with Gasteiger partial charge in [-0.2, -0.15) is 0 Å². The van der Waals surface area contributed by atoms with E-state index >= 15 is 0 Å². The van der Waals surface area contributed by atoms with Gasteiger partial charge in [-0.15, -0.1) is 0 Å². The fraction of sp³-hybridized carbons (Fsp3) is 0.689. The van der Waals surface area contributed by atoms with Crippen molar-refractivity contribution in [1.29, 1.82) is 0 Å². The molecule has 6 heteroatoms. The average Bonchev–Trinajstić information content (AvgIpc) is 3.46. The van der Waals surface area contributed by atoms with Gasteiger partial charge in [0.05, 0.1) is 0 Å². The second-order valence-electron chi connectivity index (χ2n) is 22.0. The van der Waals surface area contributed by atoms with Crippen molar-refractivity contribution in [2.45, 2.75) is 316 Å². The normalized spacial score (nSPS) is 12.9. The Morgan fingerprint density at radius 1 is 0.263 bits per heavy atom. The van der Waals surface area contributed by atoms with Gasteiger partial charge in [-0.05, 0) is 109 Å². The SMILES string of the molecule is CC/C=C\C/C=C\C/C=C\C/C=C\C/C=C\C/C=C\C/C=C\CCCC(=O)OC(COC(=O)CCCCCCCCCCCCCC)COC(=O)CCCCCCCCCCCCCC/C=C\C/C=C\C/C=C\CCCCCCC. The number of esters is 3. The van der Waals surface area contributed by atoms with Crippen LogP contribution in [-0.2, 0) is 28.6 Å². The van der Waals surface area contributed by atoms with E-state index in [4.69, 9.17) is 14.2 Å². The molecule has 0 saturated carbocycles. The van der Waals surface area contributed by atoms with Gasteiger partial charge in [0.2, 0.25) is 0 Å². The lowest BCUT2D eigenvalue weighted by atomic mass is 10.0. The highest BCUT2D eigenvalue weighted by Gasteiger charge is 2.19. The molecule has 80 heavy (non-hydrogen) atoms. The minimum atomic E-state index is -0.812. The van der Waals surface area contributed by atoms with Crippen molar-refractivity contribution in [3.05, 3.63) is 122 Å². The van der Waals surface area contributed by atoms with Gasteiger partial charge < -0.3 is 14.2 Å². The van der Waals surface area contributed by atoms with Crippen LogP contribution < -0.4 is 0 Å². The molecule has 6 nitrogen and oxygen atoms in total. The zero-order chi connectivity index (χ0) is 57.8. The van der Waals surface area contributed by atoms with Crippen molar-refractivity contribution in [2.75, 3.05) is 13.2 Å². The molecule has 0 aliphatic carbocycles. The number of unbranched alkanes of at least 4 members (excludes halogenated alkanes) is 29. The van der Waals surface area contributed by atoms with Gasteiger partial charge in [0, 0.05) is 19.3 Å². The predicted octanol–water partition coefficient (Wildman–Crippen LogP) is 23.2. The standard InChI is InChI=1S/C74H124O6/c1-4-7-10-13-16-19-22-25-27-29-31-33-35-36-37-38-40-41-43-45-47-49-52-55-58-61-64-67-73(76)79-70-71(69-78-72(75)66-63-60-57-54-51-24-21-18-15-12-9-6-3)80-74(77)68-65-62-59-56-53-50-48-46-44-42-39-34-32-30-28-26-23-20-17-14-11-8-5-2/h8,11,17,20,22,25-26,28-29,31-32,34-36,42,44,48,50,56,59,71H,4-7,9-10,12-16,18-19,21,23-24,27,30,33,37-41,43,45-47,49,51-55,57-58,60-70H2,1-3H3/b11-8-,20-17-,25-22-,28-26-,31-29-,34-32-,36-35-,44-42-,50-48-,59-56-. The van der Waals surface area contributed by atoms with Gasteiger partial charge in [-0.1, -0.05) is 303 Å². The van der Waals surface area contributed by atoms with E-state index in [-0.39, 0.29) is 37.5 Å². The molecule has 0 aromatic carbocycles. The first-order valence-corrected chi connectivity index (χ1v) is 33.5. The Balaban J connectivity index is 4.38. The number of hydrogen-bond acceptors (Lipinski definition) is 6. The van der Waals surface area contributed by atoms with Crippen molar-refractivity contribution < 1.29 is 28.6 Å². The first kappa shape index (κ1) is 75.8. The van der Waals surface area contributed by atoms with E-state index in [0.29, 0.717) is 19.3 Å². The maximum atomic E-state index is 12.9. The lowest BCUT2D eigenvalue weighted by Crippen LogP contribution is -2.30. The maximum absolute atomic E-state index is 12.9. The summed E-state index contributed by atoms with van der Waals surface area (Å²) in [6.45, 7) is 6.48. The molecule has 0 fully saturated rings. The Labute approximate surface area is 494 Å². The molecule has 0 aromatic rings. The van der Waals surface area contributed by atoms with Crippen molar-refractivity contribution in [3.63, 3.8) is 0 Å². The average molecular weight is 1110 g/mol. The molecule has 0 saturated heterocycles. The molecule has 0 amide bonds. The van der Waals surface area contributed by atoms with Crippen LogP contribution in [0.3, 0.4) is 0 Å². The molecular formula is C74H124O6. The van der Waals surface area contributed by atoms with Crippen LogP contribution in [0.1, 0.15) is 310 Å². The monoisotopic (exact) mass is 1110 g/mol. The summed E-state index contributed by atoms with van der Waals surface area (Å²) in [5.74, 6) is -0.956. The molecule has 456 valence electrons. The van der Waals surface area contributed by atoms with Crippen molar-refractivity contribution >= 4 is 17.9 Å². The van der Waals surface area contributed by atoms with E-state index in [1.165, 1.54) is 161 Å². The summed E-state index contributed by atoms with van der Waals surface area (Å²) in [5, 5.41) is 0. The predicted molar refractivity (Wildman–Crippen MR) is 348 cm³/mol. The van der Waals surface area contributed by atoms with Crippen LogP contribution in [0.5, 0.6) is 0 Å². The summed E-state index contributed by atoms with van der Waals surface area (Å²) in [6, 6.07) is 0. The van der Waals surface area contributed by atoms with Crippen LogP contribution in [0.4, 0.5) is 0 Å². The summed E-state index contributed by atoms with van der Waals surface area (Å²) in [5.41, 5.74) is 0. The zero-order valence-electron chi connectivity index (χ0n) is 52.3. The molecule has 0 heterocycles. The number of rotatable bonds is 60. The van der Waals surface area contributed by atoms with Gasteiger partial charge in [-0.3, -0.25) is 14.4 Å². The summed E-state index contributed by atoms with van der Waals surface area (Å²) >= 11 is 0. The van der Waals surface area contributed by atoms with Crippen LogP contribution in [-0.4, -0.2) is 37.2 Å². The second kappa shape index (κ2) is 67.3. The number of hydrogen-bond donors (Lipinski definition) is 0. The van der Waals surface area contributed by atoms with Crippen LogP contribution in [0.15, 0.2) is 122 Å². The topological polar surface area (TPSA) is 78.9 Å². The molecule has 0 spiro atoms. The Morgan fingerprint density at radius 3 is 0.800 bits per heavy atom. The Bertz CT molecular complexity index is 1650. The first-order valence-electron chi connectivity index (χ1n) is 33.5. The van der Waals surface area contributed by atoms with Gasteiger partial charge in [0.1, 0.15) is 13.2 Å². The van der Waals surface area contributed by atoms with E-state index in [2.05, 4.69) is 142 Å². The van der Waals surface area contributed by atoms with Crippen molar-refractivity contribution in [1.82, 2.24) is 0 Å². The fourth-order valence-corrected chi connectivity index (χ4v) is 9.21. The highest BCUT2D eigenvalue weighted by molar-refractivity contribution is 5.71. The lowest BCUT2D eigenvalue weighted by Gasteiger charge is -2.18. The first-order chi connectivity index (χ1) is 39.5. The van der Waals surface area contributed by atoms with E-state index in [0.717, 1.165) is 103 Å². The Hall–Kier alpha value is -4.19.